The molecule has 1 heterocycles. The Morgan fingerprint density at radius 3 is 2.85 bits per heavy atom. The van der Waals surface area contributed by atoms with Crippen molar-refractivity contribution in [1.82, 2.24) is 0 Å². The number of hydrogen-bond donors (Lipinski definition) is 0. The summed E-state index contributed by atoms with van der Waals surface area (Å²) >= 11 is 0. The van der Waals surface area contributed by atoms with Crippen molar-refractivity contribution in [3.05, 3.63) is 24.7 Å². The Labute approximate surface area is 80.2 Å². The van der Waals surface area contributed by atoms with Crippen LogP contribution in [0.25, 0.3) is 0 Å². The van der Waals surface area contributed by atoms with Crippen molar-refractivity contribution < 1.29 is 9.47 Å². The summed E-state index contributed by atoms with van der Waals surface area (Å²) in [6.07, 6.45) is 7.22. The molecule has 0 radical (unpaired) electrons. The van der Waals surface area contributed by atoms with Gasteiger partial charge < -0.3 is 9.47 Å². The van der Waals surface area contributed by atoms with Gasteiger partial charge in [-0.15, -0.1) is 0 Å². The van der Waals surface area contributed by atoms with Crippen LogP contribution in [0.15, 0.2) is 24.7 Å². The summed E-state index contributed by atoms with van der Waals surface area (Å²) in [5, 5.41) is 0. The highest BCUT2D eigenvalue weighted by atomic mass is 16.7. The van der Waals surface area contributed by atoms with E-state index in [0.29, 0.717) is 0 Å². The van der Waals surface area contributed by atoms with E-state index in [2.05, 4.69) is 20.4 Å². The molecule has 0 aliphatic carbocycles. The third kappa shape index (κ3) is 2.27. The molecule has 1 aliphatic heterocycles. The van der Waals surface area contributed by atoms with Crippen molar-refractivity contribution in [1.29, 1.82) is 0 Å². The number of rotatable bonds is 4. The SMILES string of the molecule is C=COC1(CC)CCC(CC)=CO1. The average Bonchev–Trinajstić information content (AvgIpc) is 2.19. The Hall–Kier alpha value is -0.920. The maximum absolute atomic E-state index is 5.60. The normalized spacial score (nSPS) is 27.4. The van der Waals surface area contributed by atoms with Gasteiger partial charge in [0, 0.05) is 12.8 Å². The van der Waals surface area contributed by atoms with E-state index in [0.717, 1.165) is 25.7 Å². The fourth-order valence-electron chi connectivity index (χ4n) is 1.50. The first kappa shape index (κ1) is 10.2. The molecule has 1 unspecified atom stereocenters. The van der Waals surface area contributed by atoms with Crippen molar-refractivity contribution >= 4 is 0 Å². The van der Waals surface area contributed by atoms with Crippen LogP contribution in [0.5, 0.6) is 0 Å². The molecular weight excluding hydrogens is 164 g/mol. The molecule has 13 heavy (non-hydrogen) atoms. The van der Waals surface area contributed by atoms with Gasteiger partial charge in [-0.2, -0.15) is 0 Å². The van der Waals surface area contributed by atoms with Crippen LogP contribution in [0.3, 0.4) is 0 Å². The zero-order chi connectivity index (χ0) is 9.73. The van der Waals surface area contributed by atoms with E-state index in [-0.39, 0.29) is 0 Å². The quantitative estimate of drug-likeness (QED) is 0.621. The molecule has 0 N–H and O–H groups in total. The van der Waals surface area contributed by atoms with Crippen molar-refractivity contribution in [3.63, 3.8) is 0 Å². The molecule has 0 aromatic carbocycles. The van der Waals surface area contributed by atoms with Crippen molar-refractivity contribution in [2.45, 2.75) is 45.3 Å². The van der Waals surface area contributed by atoms with Crippen molar-refractivity contribution in [2.75, 3.05) is 0 Å². The topological polar surface area (TPSA) is 18.5 Å². The Kier molecular flexibility index (Phi) is 3.40. The zero-order valence-electron chi connectivity index (χ0n) is 8.51. The van der Waals surface area contributed by atoms with Crippen molar-refractivity contribution in [2.24, 2.45) is 0 Å². The molecule has 74 valence electrons. The number of ether oxygens (including phenoxy) is 2. The van der Waals surface area contributed by atoms with Crippen LogP contribution < -0.4 is 0 Å². The molecule has 0 aromatic rings. The third-order valence-corrected chi connectivity index (χ3v) is 2.56. The molecule has 2 heteroatoms. The van der Waals surface area contributed by atoms with Gasteiger partial charge >= 0.3 is 0 Å². The molecule has 0 bridgehead atoms. The van der Waals surface area contributed by atoms with Crippen LogP contribution in [0.4, 0.5) is 0 Å². The maximum Gasteiger partial charge on any atom is 0.249 e. The first-order valence-corrected chi connectivity index (χ1v) is 4.91. The minimum atomic E-state index is -0.444. The second-order valence-corrected chi connectivity index (χ2v) is 3.30. The summed E-state index contributed by atoms with van der Waals surface area (Å²) in [7, 11) is 0. The van der Waals surface area contributed by atoms with Crippen LogP contribution in [-0.4, -0.2) is 5.79 Å². The van der Waals surface area contributed by atoms with Crippen LogP contribution >= 0.6 is 0 Å². The third-order valence-electron chi connectivity index (χ3n) is 2.56. The van der Waals surface area contributed by atoms with E-state index in [1.807, 2.05) is 6.26 Å². The largest absolute Gasteiger partial charge is 0.461 e. The van der Waals surface area contributed by atoms with Gasteiger partial charge in [-0.05, 0) is 18.4 Å². The first-order chi connectivity index (χ1) is 6.26. The predicted octanol–water partition coefficient (Wildman–Crippen LogP) is 3.36. The average molecular weight is 182 g/mol. The van der Waals surface area contributed by atoms with Gasteiger partial charge in [0.25, 0.3) is 0 Å². The number of allylic oxidation sites excluding steroid dienone is 1. The fraction of sp³-hybridized carbons (Fsp3) is 0.636. The van der Waals surface area contributed by atoms with E-state index in [4.69, 9.17) is 9.47 Å². The standard InChI is InChI=1S/C11H18O2/c1-4-10-7-8-11(5-2,12-6-3)13-9-10/h6,9H,3-5,7-8H2,1-2H3. The monoisotopic (exact) mass is 182 g/mol. The van der Waals surface area contributed by atoms with Gasteiger partial charge in [0.05, 0.1) is 12.5 Å². The van der Waals surface area contributed by atoms with E-state index >= 15 is 0 Å². The van der Waals surface area contributed by atoms with Crippen LogP contribution in [-0.2, 0) is 9.47 Å². The lowest BCUT2D eigenvalue weighted by atomic mass is 9.99. The van der Waals surface area contributed by atoms with Crippen LogP contribution in [0.1, 0.15) is 39.5 Å². The zero-order valence-corrected chi connectivity index (χ0v) is 8.51. The predicted molar refractivity (Wildman–Crippen MR) is 53.0 cm³/mol. The Balaban J connectivity index is 2.62. The van der Waals surface area contributed by atoms with Gasteiger partial charge in [-0.25, -0.2) is 0 Å². The molecule has 0 spiro atoms. The van der Waals surface area contributed by atoms with E-state index in [1.165, 1.54) is 11.8 Å². The second-order valence-electron chi connectivity index (χ2n) is 3.30. The first-order valence-electron chi connectivity index (χ1n) is 4.91. The molecule has 0 saturated heterocycles. The van der Waals surface area contributed by atoms with Gasteiger partial charge in [0.2, 0.25) is 5.79 Å². The molecule has 0 saturated carbocycles. The summed E-state index contributed by atoms with van der Waals surface area (Å²) < 4.78 is 11.0. The Bertz CT molecular complexity index is 208. The van der Waals surface area contributed by atoms with Gasteiger partial charge in [0.1, 0.15) is 0 Å². The molecule has 1 aliphatic rings. The van der Waals surface area contributed by atoms with Gasteiger partial charge in [-0.3, -0.25) is 0 Å². The summed E-state index contributed by atoms with van der Waals surface area (Å²) in [5.74, 6) is -0.444. The van der Waals surface area contributed by atoms with Crippen LogP contribution in [0, 0.1) is 0 Å². The van der Waals surface area contributed by atoms with E-state index < -0.39 is 5.79 Å². The number of hydrogen-bond acceptors (Lipinski definition) is 2. The van der Waals surface area contributed by atoms with Crippen LogP contribution in [0.2, 0.25) is 0 Å². The molecule has 2 nitrogen and oxygen atoms in total. The minimum Gasteiger partial charge on any atom is -0.461 e. The molecule has 0 amide bonds. The maximum atomic E-state index is 5.60. The highest BCUT2D eigenvalue weighted by molar-refractivity contribution is 5.02. The molecule has 0 aromatic heterocycles. The summed E-state index contributed by atoms with van der Waals surface area (Å²) in [6.45, 7) is 7.77. The Morgan fingerprint density at radius 1 is 1.69 bits per heavy atom. The van der Waals surface area contributed by atoms with E-state index in [9.17, 15) is 0 Å². The van der Waals surface area contributed by atoms with Crippen molar-refractivity contribution in [3.8, 4) is 0 Å². The van der Waals surface area contributed by atoms with Gasteiger partial charge in [-0.1, -0.05) is 20.4 Å². The minimum absolute atomic E-state index is 0.444. The lowest BCUT2D eigenvalue weighted by molar-refractivity contribution is -0.185. The molecule has 1 rings (SSSR count). The van der Waals surface area contributed by atoms with E-state index in [1.54, 1.807) is 0 Å². The highest BCUT2D eigenvalue weighted by Gasteiger charge is 2.32. The Morgan fingerprint density at radius 2 is 2.46 bits per heavy atom. The molecule has 0 fully saturated rings. The lowest BCUT2D eigenvalue weighted by Gasteiger charge is -2.34. The summed E-state index contributed by atoms with van der Waals surface area (Å²) in [6, 6.07) is 0. The smallest absolute Gasteiger partial charge is 0.249 e. The highest BCUT2D eigenvalue weighted by Crippen LogP contribution is 2.32. The lowest BCUT2D eigenvalue weighted by Crippen LogP contribution is -2.34. The summed E-state index contributed by atoms with van der Waals surface area (Å²) in [5.41, 5.74) is 1.36. The fourth-order valence-corrected chi connectivity index (χ4v) is 1.50. The molecular formula is C11H18O2. The second kappa shape index (κ2) is 4.35. The summed E-state index contributed by atoms with van der Waals surface area (Å²) in [4.78, 5) is 0. The molecule has 1 atom stereocenters. The van der Waals surface area contributed by atoms with Gasteiger partial charge in [0.15, 0.2) is 0 Å².